The van der Waals surface area contributed by atoms with Crippen LogP contribution in [-0.2, 0) is 10.0 Å². The third-order valence-corrected chi connectivity index (χ3v) is 5.74. The Morgan fingerprint density at radius 3 is 2.73 bits per heavy atom. The molecular formula is C16H21N3O2S. The van der Waals surface area contributed by atoms with Crippen LogP contribution in [0.4, 0.5) is 0 Å². The maximum atomic E-state index is 12.6. The van der Waals surface area contributed by atoms with Gasteiger partial charge in [-0.25, -0.2) is 13.1 Å². The van der Waals surface area contributed by atoms with Crippen molar-refractivity contribution in [1.29, 1.82) is 0 Å². The second kappa shape index (κ2) is 6.32. The molecule has 0 unspecified atom stereocenters. The molecule has 0 aliphatic carbocycles. The summed E-state index contributed by atoms with van der Waals surface area (Å²) in [6.07, 6.45) is 3.69. The number of pyridine rings is 1. The minimum Gasteiger partial charge on any atom is -0.306 e. The smallest absolute Gasteiger partial charge is 0.242 e. The first-order valence-electron chi connectivity index (χ1n) is 7.58. The molecule has 118 valence electrons. The first-order valence-corrected chi connectivity index (χ1v) is 9.06. The number of hydrogen-bond donors (Lipinski definition) is 1. The molecule has 3 rings (SSSR count). The average Bonchev–Trinajstić information content (AvgIpc) is 2.54. The molecule has 1 saturated heterocycles. The topological polar surface area (TPSA) is 62.3 Å². The molecule has 0 amide bonds. The highest BCUT2D eigenvalue weighted by molar-refractivity contribution is 7.89. The number of nitrogens with one attached hydrogen (secondary N) is 1. The lowest BCUT2D eigenvalue weighted by molar-refractivity contribution is 0.220. The zero-order valence-electron chi connectivity index (χ0n) is 12.7. The van der Waals surface area contributed by atoms with E-state index in [9.17, 15) is 8.42 Å². The quantitative estimate of drug-likeness (QED) is 0.934. The van der Waals surface area contributed by atoms with Crippen molar-refractivity contribution in [2.45, 2.75) is 17.7 Å². The summed E-state index contributed by atoms with van der Waals surface area (Å²) >= 11 is 0. The van der Waals surface area contributed by atoms with Crippen LogP contribution in [0.15, 0.2) is 41.4 Å². The highest BCUT2D eigenvalue weighted by atomic mass is 32.2. The molecule has 1 N–H and O–H groups in total. The van der Waals surface area contributed by atoms with E-state index in [4.69, 9.17) is 0 Å². The summed E-state index contributed by atoms with van der Waals surface area (Å²) in [4.78, 5) is 6.77. The van der Waals surface area contributed by atoms with Crippen molar-refractivity contribution in [3.8, 4) is 0 Å². The van der Waals surface area contributed by atoms with Crippen molar-refractivity contribution in [3.05, 3.63) is 36.5 Å². The van der Waals surface area contributed by atoms with Crippen LogP contribution in [0.1, 0.15) is 12.8 Å². The van der Waals surface area contributed by atoms with Crippen molar-refractivity contribution >= 4 is 20.9 Å². The van der Waals surface area contributed by atoms with E-state index in [2.05, 4.69) is 21.7 Å². The van der Waals surface area contributed by atoms with Crippen LogP contribution in [0.2, 0.25) is 0 Å². The molecule has 0 radical (unpaired) electrons. The summed E-state index contributed by atoms with van der Waals surface area (Å²) in [5.74, 6) is 0.411. The number of fused-ring (bicyclic) bond motifs is 1. The Morgan fingerprint density at radius 2 is 1.95 bits per heavy atom. The van der Waals surface area contributed by atoms with Gasteiger partial charge in [0, 0.05) is 18.1 Å². The van der Waals surface area contributed by atoms with Gasteiger partial charge in [0.15, 0.2) is 0 Å². The molecule has 0 atom stereocenters. The maximum absolute atomic E-state index is 12.6. The molecule has 1 fully saturated rings. The summed E-state index contributed by atoms with van der Waals surface area (Å²) in [5.41, 5.74) is 0.529. The maximum Gasteiger partial charge on any atom is 0.242 e. The number of likely N-dealkylation sites (tertiary alicyclic amines) is 1. The minimum atomic E-state index is -3.53. The number of hydrogen-bond acceptors (Lipinski definition) is 4. The van der Waals surface area contributed by atoms with Gasteiger partial charge >= 0.3 is 0 Å². The van der Waals surface area contributed by atoms with Crippen LogP contribution < -0.4 is 4.72 Å². The SMILES string of the molecule is CN1CCC(CNS(=O)(=O)c2cccc3cccnc23)CC1. The first-order chi connectivity index (χ1) is 10.6. The fourth-order valence-corrected chi connectivity index (χ4v) is 4.16. The molecule has 2 heterocycles. The number of sulfonamides is 1. The number of rotatable bonds is 4. The third kappa shape index (κ3) is 3.29. The van der Waals surface area contributed by atoms with Crippen molar-refractivity contribution in [1.82, 2.24) is 14.6 Å². The molecule has 2 aromatic rings. The number of para-hydroxylation sites is 1. The van der Waals surface area contributed by atoms with Crippen molar-refractivity contribution in [2.24, 2.45) is 5.92 Å². The molecule has 5 nitrogen and oxygen atoms in total. The summed E-state index contributed by atoms with van der Waals surface area (Å²) in [5, 5.41) is 0.838. The van der Waals surface area contributed by atoms with Gasteiger partial charge in [0.25, 0.3) is 0 Å². The van der Waals surface area contributed by atoms with Crippen LogP contribution in [-0.4, -0.2) is 45.0 Å². The van der Waals surface area contributed by atoms with Gasteiger partial charge < -0.3 is 4.90 Å². The zero-order valence-corrected chi connectivity index (χ0v) is 13.5. The number of aromatic nitrogens is 1. The summed E-state index contributed by atoms with van der Waals surface area (Å²) in [6.45, 7) is 2.56. The van der Waals surface area contributed by atoms with E-state index in [1.54, 1.807) is 18.3 Å². The zero-order chi connectivity index (χ0) is 15.6. The van der Waals surface area contributed by atoms with E-state index in [0.717, 1.165) is 31.3 Å². The van der Waals surface area contributed by atoms with Gasteiger partial charge in [0.2, 0.25) is 10.0 Å². The molecule has 1 aliphatic heterocycles. The molecule has 6 heteroatoms. The van der Waals surface area contributed by atoms with Gasteiger partial charge in [0.05, 0.1) is 5.52 Å². The monoisotopic (exact) mass is 319 g/mol. The van der Waals surface area contributed by atoms with Gasteiger partial charge in [0.1, 0.15) is 4.90 Å². The second-order valence-corrected chi connectivity index (χ2v) is 7.67. The van der Waals surface area contributed by atoms with Crippen molar-refractivity contribution in [2.75, 3.05) is 26.7 Å². The van der Waals surface area contributed by atoms with Crippen LogP contribution in [0, 0.1) is 5.92 Å². The van der Waals surface area contributed by atoms with Crippen LogP contribution in [0.5, 0.6) is 0 Å². The van der Waals surface area contributed by atoms with Crippen LogP contribution >= 0.6 is 0 Å². The van der Waals surface area contributed by atoms with E-state index >= 15 is 0 Å². The van der Waals surface area contributed by atoms with Gasteiger partial charge in [-0.2, -0.15) is 0 Å². The molecule has 1 aromatic carbocycles. The Hall–Kier alpha value is -1.50. The van der Waals surface area contributed by atoms with Crippen LogP contribution in [0.25, 0.3) is 10.9 Å². The fourth-order valence-electron chi connectivity index (χ4n) is 2.86. The lowest BCUT2D eigenvalue weighted by Crippen LogP contribution is -2.36. The lowest BCUT2D eigenvalue weighted by atomic mass is 9.98. The van der Waals surface area contributed by atoms with Crippen LogP contribution in [0.3, 0.4) is 0 Å². The third-order valence-electron chi connectivity index (χ3n) is 4.29. The van der Waals surface area contributed by atoms with Gasteiger partial charge in [-0.3, -0.25) is 4.98 Å². The molecule has 0 saturated carbocycles. The molecule has 1 aromatic heterocycles. The summed E-state index contributed by atoms with van der Waals surface area (Å²) in [6, 6.07) is 8.93. The van der Waals surface area contributed by atoms with Crippen molar-refractivity contribution in [3.63, 3.8) is 0 Å². The summed E-state index contributed by atoms with van der Waals surface area (Å²) < 4.78 is 27.9. The Morgan fingerprint density at radius 1 is 1.23 bits per heavy atom. The molecular weight excluding hydrogens is 298 g/mol. The van der Waals surface area contributed by atoms with Gasteiger partial charge in [-0.15, -0.1) is 0 Å². The molecule has 1 aliphatic rings. The fraction of sp³-hybridized carbons (Fsp3) is 0.438. The number of piperidine rings is 1. The molecule has 0 bridgehead atoms. The highest BCUT2D eigenvalue weighted by Gasteiger charge is 2.22. The number of nitrogens with zero attached hydrogens (tertiary/aromatic N) is 2. The summed E-state index contributed by atoms with van der Waals surface area (Å²) in [7, 11) is -1.43. The van der Waals surface area contributed by atoms with Gasteiger partial charge in [-0.1, -0.05) is 18.2 Å². The second-order valence-electron chi connectivity index (χ2n) is 5.93. The Bertz CT molecular complexity index is 748. The van der Waals surface area contributed by atoms with Crippen molar-refractivity contribution < 1.29 is 8.42 Å². The van der Waals surface area contributed by atoms with E-state index < -0.39 is 10.0 Å². The van der Waals surface area contributed by atoms with E-state index in [-0.39, 0.29) is 4.90 Å². The normalized spacial score (nSPS) is 17.9. The first kappa shape index (κ1) is 15.4. The Balaban J connectivity index is 1.77. The highest BCUT2D eigenvalue weighted by Crippen LogP contribution is 2.21. The van der Waals surface area contributed by atoms with E-state index in [1.807, 2.05) is 18.2 Å². The standard InChI is InChI=1S/C16H21N3O2S/c1-19-10-7-13(8-11-19)12-18-22(20,21)15-6-2-4-14-5-3-9-17-16(14)15/h2-6,9,13,18H,7-8,10-12H2,1H3. The van der Waals surface area contributed by atoms with E-state index in [1.165, 1.54) is 0 Å². The van der Waals surface area contributed by atoms with E-state index in [0.29, 0.717) is 18.0 Å². The Labute approximate surface area is 131 Å². The minimum absolute atomic E-state index is 0.263. The largest absolute Gasteiger partial charge is 0.306 e. The molecule has 22 heavy (non-hydrogen) atoms. The number of benzene rings is 1. The predicted molar refractivity (Wildman–Crippen MR) is 87.2 cm³/mol. The predicted octanol–water partition coefficient (Wildman–Crippen LogP) is 1.85. The average molecular weight is 319 g/mol. The molecule has 0 spiro atoms. The van der Waals surface area contributed by atoms with Gasteiger partial charge in [-0.05, 0) is 51.0 Å². The Kier molecular flexibility index (Phi) is 4.42. The lowest BCUT2D eigenvalue weighted by Gasteiger charge is -2.28.